The molecule has 0 radical (unpaired) electrons. The summed E-state index contributed by atoms with van der Waals surface area (Å²) in [6, 6.07) is 10.6. The van der Waals surface area contributed by atoms with Gasteiger partial charge in [-0.3, -0.25) is 14.8 Å². The molecule has 0 fully saturated rings. The summed E-state index contributed by atoms with van der Waals surface area (Å²) in [4.78, 5) is 30.1. The van der Waals surface area contributed by atoms with Crippen molar-refractivity contribution in [1.29, 1.82) is 0 Å². The quantitative estimate of drug-likeness (QED) is 0.443. The predicted molar refractivity (Wildman–Crippen MR) is 120 cm³/mol. The Morgan fingerprint density at radius 3 is 2.44 bits per heavy atom. The van der Waals surface area contributed by atoms with Gasteiger partial charge in [-0.15, -0.1) is 0 Å². The van der Waals surface area contributed by atoms with E-state index in [4.69, 9.17) is 5.73 Å². The minimum atomic E-state index is -4.50. The molecular formula is C23H20F3N7O. The Labute approximate surface area is 192 Å². The lowest BCUT2D eigenvalue weighted by Gasteiger charge is -2.31. The first-order chi connectivity index (χ1) is 16.1. The van der Waals surface area contributed by atoms with Crippen molar-refractivity contribution in [3.05, 3.63) is 83.4 Å². The van der Waals surface area contributed by atoms with Crippen LogP contribution >= 0.6 is 0 Å². The van der Waals surface area contributed by atoms with Gasteiger partial charge in [-0.25, -0.2) is 20.0 Å². The van der Waals surface area contributed by atoms with E-state index in [1.165, 1.54) is 28.5 Å². The van der Waals surface area contributed by atoms with Gasteiger partial charge in [-0.05, 0) is 55.0 Å². The number of aromatic nitrogens is 4. The molecule has 1 amide bonds. The van der Waals surface area contributed by atoms with E-state index in [9.17, 15) is 18.0 Å². The van der Waals surface area contributed by atoms with E-state index in [0.717, 1.165) is 23.2 Å². The van der Waals surface area contributed by atoms with Crippen LogP contribution in [0.4, 0.5) is 24.9 Å². The van der Waals surface area contributed by atoms with Crippen molar-refractivity contribution in [2.45, 2.75) is 19.6 Å². The van der Waals surface area contributed by atoms with Crippen LogP contribution in [0.3, 0.4) is 0 Å². The fourth-order valence-electron chi connectivity index (χ4n) is 3.30. The van der Waals surface area contributed by atoms with Crippen LogP contribution in [-0.2, 0) is 12.7 Å². The summed E-state index contributed by atoms with van der Waals surface area (Å²) in [7, 11) is 1.59. The normalized spacial score (nSPS) is 11.4. The van der Waals surface area contributed by atoms with E-state index in [-0.39, 0.29) is 18.2 Å². The van der Waals surface area contributed by atoms with Gasteiger partial charge in [-0.2, -0.15) is 13.2 Å². The lowest BCUT2D eigenvalue weighted by Crippen LogP contribution is -2.45. The first kappa shape index (κ1) is 22.9. The van der Waals surface area contributed by atoms with Crippen LogP contribution < -0.4 is 10.7 Å². The van der Waals surface area contributed by atoms with Gasteiger partial charge in [0.2, 0.25) is 5.95 Å². The number of hydrazine groups is 1. The standard InChI is InChI=1S/C23H20F3N7O/c1-14-10-16-11-15(4-7-19(16)31-20(14)27)21(34)33(32(2)22-28-8-3-9-29-22)13-18-6-5-17(12-30-18)23(24,25)26/h3-12H,13H2,1-2H3,(H2,27,31). The van der Waals surface area contributed by atoms with Crippen molar-refractivity contribution in [2.24, 2.45) is 0 Å². The van der Waals surface area contributed by atoms with Crippen molar-refractivity contribution in [2.75, 3.05) is 17.8 Å². The third-order valence-corrected chi connectivity index (χ3v) is 5.19. The zero-order valence-corrected chi connectivity index (χ0v) is 18.3. The van der Waals surface area contributed by atoms with Crippen LogP contribution in [0.15, 0.2) is 61.1 Å². The topological polar surface area (TPSA) is 101 Å². The van der Waals surface area contributed by atoms with Crippen LogP contribution in [0.5, 0.6) is 0 Å². The summed E-state index contributed by atoms with van der Waals surface area (Å²) in [5.41, 5.74) is 7.02. The van der Waals surface area contributed by atoms with E-state index in [1.54, 1.807) is 31.3 Å². The molecule has 11 heteroatoms. The van der Waals surface area contributed by atoms with Gasteiger partial charge in [-0.1, -0.05) is 0 Å². The Morgan fingerprint density at radius 1 is 1.06 bits per heavy atom. The largest absolute Gasteiger partial charge is 0.417 e. The fraction of sp³-hybridized carbons (Fsp3) is 0.174. The maximum absolute atomic E-state index is 13.6. The second-order valence-corrected chi connectivity index (χ2v) is 7.57. The zero-order valence-electron chi connectivity index (χ0n) is 18.3. The fourth-order valence-corrected chi connectivity index (χ4v) is 3.30. The van der Waals surface area contributed by atoms with E-state index < -0.39 is 17.6 Å². The predicted octanol–water partition coefficient (Wildman–Crippen LogP) is 4.02. The number of aryl methyl sites for hydroxylation is 1. The van der Waals surface area contributed by atoms with E-state index in [1.807, 2.05) is 13.0 Å². The number of carbonyl (C=O) groups excluding carboxylic acids is 1. The summed E-state index contributed by atoms with van der Waals surface area (Å²) >= 11 is 0. The number of carbonyl (C=O) groups is 1. The van der Waals surface area contributed by atoms with Gasteiger partial charge in [0.05, 0.1) is 23.3 Å². The summed E-state index contributed by atoms with van der Waals surface area (Å²) in [5.74, 6) is 0.212. The van der Waals surface area contributed by atoms with E-state index in [2.05, 4.69) is 19.9 Å². The number of pyridine rings is 2. The van der Waals surface area contributed by atoms with Crippen molar-refractivity contribution in [1.82, 2.24) is 24.9 Å². The molecule has 0 saturated carbocycles. The molecule has 8 nitrogen and oxygen atoms in total. The summed E-state index contributed by atoms with van der Waals surface area (Å²) in [6.45, 7) is 1.71. The molecule has 0 aliphatic rings. The second kappa shape index (κ2) is 8.93. The number of hydrogen-bond donors (Lipinski definition) is 1. The maximum Gasteiger partial charge on any atom is 0.417 e. The van der Waals surface area contributed by atoms with Crippen molar-refractivity contribution >= 4 is 28.6 Å². The highest BCUT2D eigenvalue weighted by Crippen LogP contribution is 2.28. The highest BCUT2D eigenvalue weighted by molar-refractivity contribution is 5.98. The SMILES string of the molecule is Cc1cc2cc(C(=O)N(Cc3ccc(C(F)(F)F)cn3)N(C)c3ncccn3)ccc2nc1N. The molecule has 0 bridgehead atoms. The van der Waals surface area contributed by atoms with Gasteiger partial charge in [0.15, 0.2) is 0 Å². The van der Waals surface area contributed by atoms with Crippen molar-refractivity contribution in [3.8, 4) is 0 Å². The van der Waals surface area contributed by atoms with Gasteiger partial charge >= 0.3 is 6.18 Å². The minimum Gasteiger partial charge on any atom is -0.383 e. The molecule has 4 aromatic rings. The van der Waals surface area contributed by atoms with Crippen LogP contribution in [0.2, 0.25) is 0 Å². The maximum atomic E-state index is 13.6. The van der Waals surface area contributed by atoms with Crippen molar-refractivity contribution in [3.63, 3.8) is 0 Å². The Morgan fingerprint density at radius 2 is 1.79 bits per heavy atom. The Hall–Kier alpha value is -4.28. The van der Waals surface area contributed by atoms with Gasteiger partial charge < -0.3 is 5.73 Å². The van der Waals surface area contributed by atoms with Crippen LogP contribution in [0.25, 0.3) is 10.9 Å². The zero-order chi connectivity index (χ0) is 24.5. The number of alkyl halides is 3. The van der Waals surface area contributed by atoms with Gasteiger partial charge in [0, 0.05) is 36.6 Å². The second-order valence-electron chi connectivity index (χ2n) is 7.57. The summed E-state index contributed by atoms with van der Waals surface area (Å²) in [5, 5.41) is 3.46. The number of rotatable bonds is 5. The van der Waals surface area contributed by atoms with Crippen LogP contribution in [0, 0.1) is 6.92 Å². The monoisotopic (exact) mass is 467 g/mol. The molecule has 3 aromatic heterocycles. The Kier molecular flexibility index (Phi) is 6.01. The number of halogens is 3. The highest BCUT2D eigenvalue weighted by Gasteiger charge is 2.31. The summed E-state index contributed by atoms with van der Waals surface area (Å²) in [6.07, 6.45) is -0.721. The number of nitrogen functional groups attached to an aromatic ring is 1. The third-order valence-electron chi connectivity index (χ3n) is 5.19. The van der Waals surface area contributed by atoms with Gasteiger partial charge in [0.25, 0.3) is 5.91 Å². The molecule has 2 N–H and O–H groups in total. The molecule has 0 spiro atoms. The molecule has 0 atom stereocenters. The first-order valence-corrected chi connectivity index (χ1v) is 10.1. The Balaban J connectivity index is 1.70. The van der Waals surface area contributed by atoms with Crippen LogP contribution in [-0.4, -0.2) is 37.9 Å². The molecule has 0 unspecified atom stereocenters. The number of nitrogens with zero attached hydrogens (tertiary/aromatic N) is 6. The summed E-state index contributed by atoms with van der Waals surface area (Å²) < 4.78 is 38.8. The van der Waals surface area contributed by atoms with Crippen molar-refractivity contribution < 1.29 is 18.0 Å². The highest BCUT2D eigenvalue weighted by atomic mass is 19.4. The molecule has 4 rings (SSSR count). The number of anilines is 2. The number of nitrogens with two attached hydrogens (primary N) is 1. The molecule has 0 saturated heterocycles. The van der Waals surface area contributed by atoms with Crippen LogP contribution in [0.1, 0.15) is 27.2 Å². The molecular weight excluding hydrogens is 447 g/mol. The number of amides is 1. The van der Waals surface area contributed by atoms with E-state index in [0.29, 0.717) is 16.9 Å². The smallest absolute Gasteiger partial charge is 0.383 e. The average molecular weight is 467 g/mol. The number of fused-ring (bicyclic) bond motifs is 1. The Bertz CT molecular complexity index is 1330. The molecule has 0 aliphatic carbocycles. The molecule has 1 aromatic carbocycles. The molecule has 0 aliphatic heterocycles. The number of benzene rings is 1. The lowest BCUT2D eigenvalue weighted by molar-refractivity contribution is -0.137. The molecule has 3 heterocycles. The van der Waals surface area contributed by atoms with E-state index >= 15 is 0 Å². The van der Waals surface area contributed by atoms with Gasteiger partial charge in [0.1, 0.15) is 5.82 Å². The average Bonchev–Trinajstić information content (AvgIpc) is 2.82. The minimum absolute atomic E-state index is 0.108. The number of hydrogen-bond acceptors (Lipinski definition) is 7. The third kappa shape index (κ3) is 4.72. The lowest BCUT2D eigenvalue weighted by atomic mass is 10.1. The molecule has 34 heavy (non-hydrogen) atoms. The molecule has 174 valence electrons. The first-order valence-electron chi connectivity index (χ1n) is 10.1.